The zero-order chi connectivity index (χ0) is 21.4. The molecule has 2 aromatic rings. The molecule has 0 saturated heterocycles. The Bertz CT molecular complexity index is 954. The molecule has 0 aliphatic carbocycles. The number of amides is 2. The number of phenolic OH excluding ortho intramolecular Hbond substituents is 1. The fraction of sp³-hybridized carbons (Fsp3) is 0.150. The van der Waals surface area contributed by atoms with Gasteiger partial charge in [-0.25, -0.2) is 14.7 Å². The summed E-state index contributed by atoms with van der Waals surface area (Å²) < 4.78 is 19.2. The number of hydrogen-bond donors (Lipinski definition) is 4. The van der Waals surface area contributed by atoms with Crippen molar-refractivity contribution < 1.29 is 29.0 Å². The summed E-state index contributed by atoms with van der Waals surface area (Å²) in [5.74, 6) is -2.83. The molecule has 0 spiro atoms. The third-order valence-electron chi connectivity index (χ3n) is 3.93. The molecule has 0 saturated carbocycles. The summed E-state index contributed by atoms with van der Waals surface area (Å²) >= 11 is 0. The lowest BCUT2D eigenvalue weighted by molar-refractivity contribution is -0.124. The molecule has 2 aromatic carbocycles. The van der Waals surface area contributed by atoms with Crippen molar-refractivity contribution in [3.63, 3.8) is 0 Å². The van der Waals surface area contributed by atoms with Crippen molar-refractivity contribution in [2.75, 3.05) is 5.32 Å². The van der Waals surface area contributed by atoms with Gasteiger partial charge in [0.05, 0.1) is 11.6 Å². The first-order chi connectivity index (χ1) is 13.8. The van der Waals surface area contributed by atoms with Gasteiger partial charge < -0.3 is 9.84 Å². The topological polar surface area (TPSA) is 132 Å². The average molecular weight is 399 g/mol. The number of rotatable bonds is 6. The molecule has 150 valence electrons. The highest BCUT2D eigenvalue weighted by molar-refractivity contribution is 5.86. The number of benzene rings is 2. The number of nitrogens with zero attached hydrogens (tertiary/aromatic N) is 1. The maximum absolute atomic E-state index is 13.8. The van der Waals surface area contributed by atoms with Crippen molar-refractivity contribution in [1.29, 1.82) is 5.26 Å². The lowest BCUT2D eigenvalue weighted by atomic mass is 9.96. The number of hydrogen-bond acceptors (Lipinski definition) is 6. The van der Waals surface area contributed by atoms with Gasteiger partial charge in [0.15, 0.2) is 11.6 Å². The van der Waals surface area contributed by atoms with Gasteiger partial charge in [0.1, 0.15) is 6.10 Å². The number of carbonyl (C=O) groups is 2. The number of hydroxylamine groups is 1. The first-order valence-electron chi connectivity index (χ1n) is 8.42. The highest BCUT2D eigenvalue weighted by Crippen LogP contribution is 2.30. The molecular formula is C20H18FN3O5. The van der Waals surface area contributed by atoms with Crippen LogP contribution in [0.4, 0.5) is 14.9 Å². The van der Waals surface area contributed by atoms with Crippen LogP contribution in [0.3, 0.4) is 0 Å². The van der Waals surface area contributed by atoms with Gasteiger partial charge in [-0.1, -0.05) is 19.1 Å². The van der Waals surface area contributed by atoms with Crippen molar-refractivity contribution in [1.82, 2.24) is 5.48 Å². The second-order valence-corrected chi connectivity index (χ2v) is 6.05. The fourth-order valence-corrected chi connectivity index (χ4v) is 2.45. The van der Waals surface area contributed by atoms with Gasteiger partial charge in [-0.15, -0.1) is 0 Å². The standard InChI is InChI=1S/C20H18FN3O5/c1-12(2-9-18(26)24-28)19(14-5-8-17(25)16(21)10-14)29-20(27)23-15-6-3-13(11-22)4-7-15/h2-10,12,19,25,28H,1H3,(H,23,27)(H,24,26)/b9-2+/t12-,19+/m1/s1. The summed E-state index contributed by atoms with van der Waals surface area (Å²) in [6.45, 7) is 1.62. The zero-order valence-corrected chi connectivity index (χ0v) is 15.3. The maximum Gasteiger partial charge on any atom is 0.412 e. The number of nitriles is 1. The molecular weight excluding hydrogens is 381 g/mol. The number of phenols is 1. The highest BCUT2D eigenvalue weighted by Gasteiger charge is 2.23. The Hall–Kier alpha value is -3.90. The van der Waals surface area contributed by atoms with Gasteiger partial charge in [-0.05, 0) is 42.0 Å². The van der Waals surface area contributed by atoms with Crippen molar-refractivity contribution >= 4 is 17.7 Å². The van der Waals surface area contributed by atoms with Crippen molar-refractivity contribution in [3.05, 3.63) is 71.6 Å². The van der Waals surface area contributed by atoms with E-state index in [1.807, 2.05) is 6.07 Å². The Morgan fingerprint density at radius 3 is 2.52 bits per heavy atom. The van der Waals surface area contributed by atoms with Crippen LogP contribution in [-0.2, 0) is 9.53 Å². The van der Waals surface area contributed by atoms with Crippen LogP contribution in [0.5, 0.6) is 5.75 Å². The molecule has 2 atom stereocenters. The summed E-state index contributed by atoms with van der Waals surface area (Å²) in [7, 11) is 0. The van der Waals surface area contributed by atoms with Crippen LogP contribution in [0.2, 0.25) is 0 Å². The SMILES string of the molecule is C[C@H](/C=C/C(=O)NO)[C@H](OC(=O)Nc1ccc(C#N)cc1)c1ccc(O)c(F)c1. The lowest BCUT2D eigenvalue weighted by Crippen LogP contribution is -2.22. The Morgan fingerprint density at radius 2 is 1.93 bits per heavy atom. The Kier molecular flexibility index (Phi) is 7.28. The molecule has 0 aliphatic rings. The van der Waals surface area contributed by atoms with Gasteiger partial charge in [0.25, 0.3) is 5.91 Å². The highest BCUT2D eigenvalue weighted by atomic mass is 19.1. The van der Waals surface area contributed by atoms with Gasteiger partial charge in [0, 0.05) is 17.7 Å². The Morgan fingerprint density at radius 1 is 1.24 bits per heavy atom. The van der Waals surface area contributed by atoms with E-state index in [4.69, 9.17) is 15.2 Å². The van der Waals surface area contributed by atoms with Crippen LogP contribution in [0.1, 0.15) is 24.2 Å². The predicted molar refractivity (Wildman–Crippen MR) is 100 cm³/mol. The van der Waals surface area contributed by atoms with Crippen LogP contribution < -0.4 is 10.8 Å². The minimum Gasteiger partial charge on any atom is -0.505 e. The first-order valence-corrected chi connectivity index (χ1v) is 8.42. The van der Waals surface area contributed by atoms with Crippen LogP contribution in [0.15, 0.2) is 54.6 Å². The second-order valence-electron chi connectivity index (χ2n) is 6.05. The lowest BCUT2D eigenvalue weighted by Gasteiger charge is -2.23. The summed E-state index contributed by atoms with van der Waals surface area (Å²) in [5, 5.41) is 29.3. The monoisotopic (exact) mass is 399 g/mol. The molecule has 0 aliphatic heterocycles. The molecule has 29 heavy (non-hydrogen) atoms. The summed E-state index contributed by atoms with van der Waals surface area (Å²) in [6.07, 6.45) is 0.554. The Labute approximate surface area is 165 Å². The zero-order valence-electron chi connectivity index (χ0n) is 15.3. The number of nitrogens with one attached hydrogen (secondary N) is 2. The Balaban J connectivity index is 2.22. The van der Waals surface area contributed by atoms with E-state index in [1.54, 1.807) is 6.92 Å². The van der Waals surface area contributed by atoms with E-state index in [1.165, 1.54) is 41.9 Å². The molecule has 0 aromatic heterocycles. The minimum absolute atomic E-state index is 0.247. The molecule has 2 amide bonds. The quantitative estimate of drug-likeness (QED) is 0.334. The van der Waals surface area contributed by atoms with E-state index in [9.17, 15) is 19.1 Å². The fourth-order valence-electron chi connectivity index (χ4n) is 2.45. The van der Waals surface area contributed by atoms with Crippen LogP contribution >= 0.6 is 0 Å². The normalized spacial score (nSPS) is 12.6. The van der Waals surface area contributed by atoms with Crippen molar-refractivity contribution in [3.8, 4) is 11.8 Å². The molecule has 8 nitrogen and oxygen atoms in total. The van der Waals surface area contributed by atoms with Crippen LogP contribution in [0.25, 0.3) is 0 Å². The summed E-state index contributed by atoms with van der Waals surface area (Å²) in [4.78, 5) is 23.5. The molecule has 9 heteroatoms. The van der Waals surface area contributed by atoms with Crippen molar-refractivity contribution in [2.45, 2.75) is 13.0 Å². The molecule has 0 unspecified atom stereocenters. The van der Waals surface area contributed by atoms with Gasteiger partial charge in [-0.3, -0.25) is 15.3 Å². The van der Waals surface area contributed by atoms with Crippen LogP contribution in [-0.4, -0.2) is 22.3 Å². The molecule has 2 rings (SSSR count). The third kappa shape index (κ3) is 6.05. The number of carbonyl (C=O) groups excluding carboxylic acids is 2. The average Bonchev–Trinajstić information content (AvgIpc) is 2.72. The molecule has 0 bridgehead atoms. The van der Waals surface area contributed by atoms with E-state index >= 15 is 0 Å². The number of aromatic hydroxyl groups is 1. The van der Waals surface area contributed by atoms with E-state index in [2.05, 4.69) is 5.32 Å². The number of halogens is 1. The molecule has 0 heterocycles. The predicted octanol–water partition coefficient (Wildman–Crippen LogP) is 3.39. The molecule has 0 fully saturated rings. The minimum atomic E-state index is -1.01. The smallest absolute Gasteiger partial charge is 0.412 e. The number of ether oxygens (including phenoxy) is 1. The van der Waals surface area contributed by atoms with E-state index in [0.717, 1.165) is 18.2 Å². The summed E-state index contributed by atoms with van der Waals surface area (Å²) in [5.41, 5.74) is 2.48. The summed E-state index contributed by atoms with van der Waals surface area (Å²) in [6, 6.07) is 11.5. The van der Waals surface area contributed by atoms with Gasteiger partial charge in [-0.2, -0.15) is 5.26 Å². The molecule has 4 N–H and O–H groups in total. The van der Waals surface area contributed by atoms with Gasteiger partial charge in [0.2, 0.25) is 0 Å². The largest absolute Gasteiger partial charge is 0.505 e. The van der Waals surface area contributed by atoms with Crippen molar-refractivity contribution in [2.24, 2.45) is 5.92 Å². The van der Waals surface area contributed by atoms with E-state index < -0.39 is 35.6 Å². The van der Waals surface area contributed by atoms with Gasteiger partial charge >= 0.3 is 6.09 Å². The van der Waals surface area contributed by atoms with Crippen LogP contribution in [0, 0.1) is 23.1 Å². The third-order valence-corrected chi connectivity index (χ3v) is 3.93. The number of anilines is 1. The maximum atomic E-state index is 13.8. The van der Waals surface area contributed by atoms with E-state index in [0.29, 0.717) is 11.3 Å². The van der Waals surface area contributed by atoms with E-state index in [-0.39, 0.29) is 5.56 Å². The second kappa shape index (κ2) is 9.87. The molecule has 0 radical (unpaired) electrons. The first kappa shape index (κ1) is 21.4.